The lowest BCUT2D eigenvalue weighted by atomic mass is 9.89. The van der Waals surface area contributed by atoms with Gasteiger partial charge in [-0.1, -0.05) is 18.2 Å². The number of aliphatic hydroxyl groups excluding tert-OH is 2. The molecule has 2 aromatic rings. The largest absolute Gasteiger partial charge is 0.497 e. The number of rotatable bonds is 8. The highest BCUT2D eigenvalue weighted by Gasteiger charge is 2.50. The monoisotopic (exact) mass is 459 g/mol. The molecule has 2 aromatic carbocycles. The van der Waals surface area contributed by atoms with Crippen LogP contribution in [0.3, 0.4) is 0 Å². The van der Waals surface area contributed by atoms with Crippen molar-refractivity contribution in [2.24, 2.45) is 0 Å². The summed E-state index contributed by atoms with van der Waals surface area (Å²) in [6.07, 6.45) is -3.61. The quantitative estimate of drug-likeness (QED) is 0.556. The van der Waals surface area contributed by atoms with Gasteiger partial charge in [0.25, 0.3) is 0 Å². The lowest BCUT2D eigenvalue weighted by molar-refractivity contribution is -0.305. The number of amides is 1. The molecule has 0 bridgehead atoms. The highest BCUT2D eigenvalue weighted by molar-refractivity contribution is 5.73. The number of nitrogens with one attached hydrogen (secondary N) is 1. The van der Waals surface area contributed by atoms with Crippen LogP contribution in [0.4, 0.5) is 0 Å². The number of hydrogen-bond acceptors (Lipinski definition) is 7. The topological polar surface area (TPSA) is 106 Å². The van der Waals surface area contributed by atoms with Gasteiger partial charge < -0.3 is 34.5 Å². The van der Waals surface area contributed by atoms with Gasteiger partial charge in [0.15, 0.2) is 0 Å². The van der Waals surface area contributed by atoms with Gasteiger partial charge in [0.2, 0.25) is 12.2 Å². The molecule has 0 radical (unpaired) electrons. The summed E-state index contributed by atoms with van der Waals surface area (Å²) in [5, 5.41) is 23.9. The molecule has 1 heterocycles. The molecule has 180 valence electrons. The Balaban J connectivity index is 1.90. The average molecular weight is 460 g/mol. The SMILES string of the molecule is COc1cccc(-c2cc(OC3OC(C)(C)[C@H](OC)[C@@H](O)[C@H]3O)ccc2CCNC(C)=O)c1. The predicted octanol–water partition coefficient (Wildman–Crippen LogP) is 2.29. The minimum Gasteiger partial charge on any atom is -0.497 e. The van der Waals surface area contributed by atoms with Crippen molar-refractivity contribution in [2.45, 2.75) is 57.4 Å². The van der Waals surface area contributed by atoms with E-state index in [1.54, 1.807) is 27.0 Å². The molecule has 1 unspecified atom stereocenters. The predicted molar refractivity (Wildman–Crippen MR) is 123 cm³/mol. The second kappa shape index (κ2) is 10.5. The highest BCUT2D eigenvalue weighted by atomic mass is 16.7. The molecule has 4 atom stereocenters. The zero-order valence-corrected chi connectivity index (χ0v) is 19.7. The third-order valence-electron chi connectivity index (χ3n) is 5.78. The minimum absolute atomic E-state index is 0.0862. The van der Waals surface area contributed by atoms with Gasteiger partial charge in [-0.3, -0.25) is 4.79 Å². The number of ether oxygens (including phenoxy) is 4. The first-order valence-corrected chi connectivity index (χ1v) is 10.9. The third kappa shape index (κ3) is 5.83. The number of aliphatic hydroxyl groups is 2. The van der Waals surface area contributed by atoms with E-state index in [2.05, 4.69) is 5.32 Å². The van der Waals surface area contributed by atoms with E-state index in [0.29, 0.717) is 24.5 Å². The van der Waals surface area contributed by atoms with Gasteiger partial charge in [-0.15, -0.1) is 0 Å². The van der Waals surface area contributed by atoms with Crippen molar-refractivity contribution >= 4 is 5.91 Å². The van der Waals surface area contributed by atoms with Gasteiger partial charge in [-0.25, -0.2) is 0 Å². The summed E-state index contributed by atoms with van der Waals surface area (Å²) in [6, 6.07) is 13.2. The van der Waals surface area contributed by atoms with Crippen LogP contribution in [0.5, 0.6) is 11.5 Å². The molecule has 0 spiro atoms. The van der Waals surface area contributed by atoms with Crippen LogP contribution in [0.1, 0.15) is 26.3 Å². The van der Waals surface area contributed by atoms with Crippen LogP contribution in [0.25, 0.3) is 11.1 Å². The van der Waals surface area contributed by atoms with Crippen LogP contribution < -0.4 is 14.8 Å². The Bertz CT molecular complexity index is 962. The summed E-state index contributed by atoms with van der Waals surface area (Å²) in [5.74, 6) is 1.10. The van der Waals surface area contributed by atoms with Crippen LogP contribution in [-0.4, -0.2) is 67.1 Å². The Morgan fingerprint density at radius 1 is 1.09 bits per heavy atom. The highest BCUT2D eigenvalue weighted by Crippen LogP contribution is 2.35. The molecule has 0 saturated carbocycles. The van der Waals surface area contributed by atoms with E-state index in [1.807, 2.05) is 36.4 Å². The van der Waals surface area contributed by atoms with Crippen LogP contribution in [0.15, 0.2) is 42.5 Å². The van der Waals surface area contributed by atoms with Crippen molar-refractivity contribution in [1.82, 2.24) is 5.32 Å². The summed E-state index contributed by atoms with van der Waals surface area (Å²) < 4.78 is 22.6. The standard InChI is InChI=1S/C25H33NO7/c1-15(27)26-12-11-16-9-10-19(14-20(16)17-7-6-8-18(13-17)30-4)32-24-22(29)21(28)23(31-5)25(2,3)33-24/h6-10,13-14,21-24,28-29H,11-12H2,1-5H3,(H,26,27)/t21-,22+,23+,24?/m0/s1. The molecule has 33 heavy (non-hydrogen) atoms. The first-order valence-electron chi connectivity index (χ1n) is 10.9. The lowest BCUT2D eigenvalue weighted by Gasteiger charge is -2.46. The molecule has 3 rings (SSSR count). The zero-order chi connectivity index (χ0) is 24.2. The van der Waals surface area contributed by atoms with Crippen molar-refractivity contribution in [3.8, 4) is 22.6 Å². The van der Waals surface area contributed by atoms with Crippen molar-refractivity contribution in [3.63, 3.8) is 0 Å². The van der Waals surface area contributed by atoms with Crippen LogP contribution in [0, 0.1) is 0 Å². The summed E-state index contributed by atoms with van der Waals surface area (Å²) in [4.78, 5) is 11.3. The lowest BCUT2D eigenvalue weighted by Crippen LogP contribution is -2.63. The Kier molecular flexibility index (Phi) is 7.97. The van der Waals surface area contributed by atoms with Gasteiger partial charge in [-0.2, -0.15) is 0 Å². The molecule has 0 aromatic heterocycles. The van der Waals surface area contributed by atoms with E-state index >= 15 is 0 Å². The summed E-state index contributed by atoms with van der Waals surface area (Å²) >= 11 is 0. The van der Waals surface area contributed by atoms with Crippen molar-refractivity contribution in [1.29, 1.82) is 0 Å². The van der Waals surface area contributed by atoms with Gasteiger partial charge in [0, 0.05) is 20.6 Å². The van der Waals surface area contributed by atoms with E-state index in [4.69, 9.17) is 18.9 Å². The molecule has 0 aliphatic carbocycles. The maximum absolute atomic E-state index is 11.3. The Morgan fingerprint density at radius 3 is 2.52 bits per heavy atom. The van der Waals surface area contributed by atoms with Crippen LogP contribution in [0.2, 0.25) is 0 Å². The van der Waals surface area contributed by atoms with E-state index < -0.39 is 30.2 Å². The van der Waals surface area contributed by atoms with Crippen molar-refractivity contribution in [2.75, 3.05) is 20.8 Å². The molecular weight excluding hydrogens is 426 g/mol. The zero-order valence-electron chi connectivity index (χ0n) is 19.7. The molecule has 8 nitrogen and oxygen atoms in total. The van der Waals surface area contributed by atoms with E-state index in [1.165, 1.54) is 14.0 Å². The van der Waals surface area contributed by atoms with Gasteiger partial charge in [0.05, 0.1) is 12.7 Å². The molecular formula is C25H33NO7. The van der Waals surface area contributed by atoms with E-state index in [0.717, 1.165) is 16.7 Å². The number of hydrogen-bond donors (Lipinski definition) is 3. The molecule has 1 fully saturated rings. The van der Waals surface area contributed by atoms with Crippen LogP contribution >= 0.6 is 0 Å². The first-order chi connectivity index (χ1) is 15.7. The summed E-state index contributed by atoms with van der Waals surface area (Å²) in [5.41, 5.74) is 1.96. The number of carbonyl (C=O) groups is 1. The first kappa shape index (κ1) is 25.0. The molecule has 3 N–H and O–H groups in total. The maximum Gasteiger partial charge on any atom is 0.229 e. The van der Waals surface area contributed by atoms with Gasteiger partial charge in [-0.05, 0) is 61.2 Å². The molecule has 1 saturated heterocycles. The van der Waals surface area contributed by atoms with Crippen molar-refractivity contribution in [3.05, 3.63) is 48.0 Å². The fourth-order valence-electron chi connectivity index (χ4n) is 4.12. The smallest absolute Gasteiger partial charge is 0.229 e. The second-order valence-electron chi connectivity index (χ2n) is 8.63. The Labute approximate surface area is 194 Å². The van der Waals surface area contributed by atoms with Gasteiger partial charge in [0.1, 0.15) is 29.8 Å². The normalized spacial score (nSPS) is 24.2. The van der Waals surface area contributed by atoms with Gasteiger partial charge >= 0.3 is 0 Å². The number of methoxy groups -OCH3 is 2. The second-order valence-corrected chi connectivity index (χ2v) is 8.63. The number of carbonyl (C=O) groups excluding carboxylic acids is 1. The molecule has 1 aliphatic rings. The fraction of sp³-hybridized carbons (Fsp3) is 0.480. The summed E-state index contributed by atoms with van der Waals surface area (Å²) in [6.45, 7) is 5.54. The van der Waals surface area contributed by atoms with E-state index in [9.17, 15) is 15.0 Å². The third-order valence-corrected chi connectivity index (χ3v) is 5.78. The van der Waals surface area contributed by atoms with Crippen molar-refractivity contribution < 1.29 is 34.0 Å². The number of benzene rings is 2. The molecule has 8 heteroatoms. The maximum atomic E-state index is 11.3. The Hall–Kier alpha value is -2.65. The van der Waals surface area contributed by atoms with E-state index in [-0.39, 0.29) is 5.91 Å². The molecule has 1 aliphatic heterocycles. The van der Waals surface area contributed by atoms with Crippen LogP contribution in [-0.2, 0) is 20.7 Å². The fourth-order valence-corrected chi connectivity index (χ4v) is 4.12. The Morgan fingerprint density at radius 2 is 1.85 bits per heavy atom. The summed E-state index contributed by atoms with van der Waals surface area (Å²) in [7, 11) is 3.07. The molecule has 1 amide bonds. The minimum atomic E-state index is -1.29. The average Bonchev–Trinajstić information content (AvgIpc) is 2.78.